The van der Waals surface area contributed by atoms with Crippen LogP contribution in [0.15, 0.2) is 45.5 Å². The first-order valence-electron chi connectivity index (χ1n) is 10.1. The van der Waals surface area contributed by atoms with Crippen molar-refractivity contribution in [3.05, 3.63) is 41.6 Å². The molecule has 0 saturated heterocycles. The Balaban J connectivity index is 2.01. The third kappa shape index (κ3) is 4.58. The SMILES string of the molecule is Cc1nc2nsc(/N=N/c3cc(S(=O)(=O)N(C)C)c(O)c4cccc(NS(C)(=O)=O)c34)c2cc1C#N. The largest absolute Gasteiger partial charge is 0.506 e. The average molecular weight is 546 g/mol. The molecule has 15 heteroatoms. The number of aromatic nitrogens is 2. The number of nitrogens with one attached hydrogen (secondary N) is 1. The van der Waals surface area contributed by atoms with Crippen molar-refractivity contribution >= 4 is 69.8 Å². The number of anilines is 1. The molecule has 0 saturated carbocycles. The molecule has 0 bridgehead atoms. The lowest BCUT2D eigenvalue weighted by atomic mass is 10.1. The Morgan fingerprint density at radius 2 is 1.86 bits per heavy atom. The van der Waals surface area contributed by atoms with E-state index in [4.69, 9.17) is 0 Å². The van der Waals surface area contributed by atoms with Gasteiger partial charge in [0, 0.05) is 24.9 Å². The molecule has 0 unspecified atom stereocenters. The summed E-state index contributed by atoms with van der Waals surface area (Å²) in [5, 5.41) is 29.6. The first kappa shape index (κ1) is 25.4. The van der Waals surface area contributed by atoms with Crippen molar-refractivity contribution in [1.29, 1.82) is 5.26 Å². The number of rotatable bonds is 6. The molecule has 2 heterocycles. The van der Waals surface area contributed by atoms with E-state index < -0.39 is 30.7 Å². The molecule has 0 spiro atoms. The molecule has 36 heavy (non-hydrogen) atoms. The van der Waals surface area contributed by atoms with E-state index in [0.717, 1.165) is 28.2 Å². The van der Waals surface area contributed by atoms with Gasteiger partial charge in [-0.1, -0.05) is 12.1 Å². The second-order valence-electron chi connectivity index (χ2n) is 7.92. The fourth-order valence-electron chi connectivity index (χ4n) is 3.42. The maximum atomic E-state index is 12.9. The molecule has 4 rings (SSSR count). The van der Waals surface area contributed by atoms with Crippen LogP contribution in [-0.2, 0) is 20.0 Å². The summed E-state index contributed by atoms with van der Waals surface area (Å²) in [6.45, 7) is 1.68. The monoisotopic (exact) mass is 545 g/mol. The summed E-state index contributed by atoms with van der Waals surface area (Å²) in [6.07, 6.45) is 0.961. The minimum Gasteiger partial charge on any atom is -0.506 e. The normalized spacial score (nSPS) is 12.6. The van der Waals surface area contributed by atoms with Gasteiger partial charge in [0.05, 0.1) is 34.3 Å². The zero-order valence-electron chi connectivity index (χ0n) is 19.4. The average Bonchev–Trinajstić information content (AvgIpc) is 3.18. The van der Waals surface area contributed by atoms with E-state index in [0.29, 0.717) is 27.3 Å². The van der Waals surface area contributed by atoms with Gasteiger partial charge in [0.25, 0.3) is 0 Å². The maximum Gasteiger partial charge on any atom is 0.246 e. The van der Waals surface area contributed by atoms with Crippen molar-refractivity contribution in [3.63, 3.8) is 0 Å². The highest BCUT2D eigenvalue weighted by Crippen LogP contribution is 2.44. The summed E-state index contributed by atoms with van der Waals surface area (Å²) in [6, 6.07) is 9.13. The molecule has 2 aromatic heterocycles. The molecule has 0 fully saturated rings. The van der Waals surface area contributed by atoms with Gasteiger partial charge in [0.2, 0.25) is 20.0 Å². The second kappa shape index (κ2) is 9.06. The van der Waals surface area contributed by atoms with E-state index in [1.165, 1.54) is 32.3 Å². The van der Waals surface area contributed by atoms with Gasteiger partial charge in [-0.3, -0.25) is 4.72 Å². The molecule has 2 N–H and O–H groups in total. The minimum absolute atomic E-state index is 0.0166. The number of hydrogen-bond donors (Lipinski definition) is 2. The fraction of sp³-hybridized carbons (Fsp3) is 0.190. The smallest absolute Gasteiger partial charge is 0.246 e. The number of fused-ring (bicyclic) bond motifs is 2. The number of azo groups is 1. The third-order valence-electron chi connectivity index (χ3n) is 5.14. The Labute approximate surface area is 210 Å². The standard InChI is InChI=1S/C21H19N7O5S3/c1-11-12(10-22)8-14-20(23-11)26-34-21(14)25-24-16-9-17(36(32,33)28(2)3)19(29)13-6-5-7-15(18(13)16)27-35(4,30)31/h5-9,27,29H,1-4H3/b25-24+. The van der Waals surface area contributed by atoms with Crippen LogP contribution in [0.5, 0.6) is 5.75 Å². The van der Waals surface area contributed by atoms with Crippen LogP contribution < -0.4 is 4.72 Å². The highest BCUT2D eigenvalue weighted by molar-refractivity contribution is 7.92. The summed E-state index contributed by atoms with van der Waals surface area (Å²) in [4.78, 5) is 3.86. The van der Waals surface area contributed by atoms with Gasteiger partial charge in [-0.25, -0.2) is 26.1 Å². The summed E-state index contributed by atoms with van der Waals surface area (Å²) in [7, 11) is -5.20. The van der Waals surface area contributed by atoms with Crippen molar-refractivity contribution in [2.24, 2.45) is 10.2 Å². The van der Waals surface area contributed by atoms with E-state index in [-0.39, 0.29) is 22.1 Å². The van der Waals surface area contributed by atoms with Crippen LogP contribution in [0.25, 0.3) is 21.8 Å². The zero-order valence-corrected chi connectivity index (χ0v) is 21.8. The number of hydrogen-bond acceptors (Lipinski definition) is 11. The molecule has 0 aliphatic rings. The maximum absolute atomic E-state index is 12.9. The third-order valence-corrected chi connectivity index (χ3v) is 8.30. The van der Waals surface area contributed by atoms with Gasteiger partial charge in [0.15, 0.2) is 10.6 Å². The Hall–Kier alpha value is -3.71. The molecule has 0 amide bonds. The number of benzene rings is 2. The summed E-state index contributed by atoms with van der Waals surface area (Å²) >= 11 is 0.978. The molecule has 12 nitrogen and oxygen atoms in total. The Morgan fingerprint density at radius 1 is 1.14 bits per heavy atom. The lowest BCUT2D eigenvalue weighted by Crippen LogP contribution is -2.22. The predicted octanol–water partition coefficient (Wildman–Crippen LogP) is 3.77. The van der Waals surface area contributed by atoms with E-state index in [1.54, 1.807) is 13.0 Å². The first-order valence-corrected chi connectivity index (χ1v) is 14.2. The van der Waals surface area contributed by atoms with Crippen molar-refractivity contribution in [3.8, 4) is 11.8 Å². The van der Waals surface area contributed by atoms with Gasteiger partial charge in [-0.05, 0) is 36.7 Å². The van der Waals surface area contributed by atoms with E-state index >= 15 is 0 Å². The van der Waals surface area contributed by atoms with E-state index in [9.17, 15) is 27.2 Å². The molecule has 0 aliphatic heterocycles. The van der Waals surface area contributed by atoms with Crippen LogP contribution in [0, 0.1) is 18.3 Å². The number of nitrogens with zero attached hydrogens (tertiary/aromatic N) is 6. The second-order valence-corrected chi connectivity index (χ2v) is 12.5. The van der Waals surface area contributed by atoms with E-state index in [2.05, 4.69) is 30.4 Å². The Kier molecular flexibility index (Phi) is 6.39. The van der Waals surface area contributed by atoms with E-state index in [1.807, 2.05) is 0 Å². The van der Waals surface area contributed by atoms with Crippen LogP contribution in [0.1, 0.15) is 11.3 Å². The number of sulfonamides is 2. The van der Waals surface area contributed by atoms with Crippen LogP contribution >= 0.6 is 11.5 Å². The van der Waals surface area contributed by atoms with Gasteiger partial charge in [-0.2, -0.15) is 9.64 Å². The molecule has 0 aliphatic carbocycles. The van der Waals surface area contributed by atoms with Gasteiger partial charge >= 0.3 is 0 Å². The van der Waals surface area contributed by atoms with Crippen molar-refractivity contribution in [1.82, 2.24) is 13.7 Å². The molecule has 186 valence electrons. The summed E-state index contributed by atoms with van der Waals surface area (Å²) < 4.78 is 57.3. The van der Waals surface area contributed by atoms with Crippen molar-refractivity contribution in [2.75, 3.05) is 25.1 Å². The first-order chi connectivity index (χ1) is 16.8. The number of pyridine rings is 1. The molecule has 0 atom stereocenters. The highest BCUT2D eigenvalue weighted by atomic mass is 32.2. The Morgan fingerprint density at radius 3 is 2.50 bits per heavy atom. The fourth-order valence-corrected chi connectivity index (χ4v) is 5.64. The van der Waals surface area contributed by atoms with Crippen LogP contribution in [0.4, 0.5) is 16.4 Å². The van der Waals surface area contributed by atoms with Crippen LogP contribution in [0.3, 0.4) is 0 Å². The van der Waals surface area contributed by atoms with Crippen LogP contribution in [-0.4, -0.2) is 56.0 Å². The van der Waals surface area contributed by atoms with Gasteiger partial charge < -0.3 is 5.11 Å². The molecule has 4 aromatic rings. The van der Waals surface area contributed by atoms with Crippen molar-refractivity contribution in [2.45, 2.75) is 11.8 Å². The zero-order chi connectivity index (χ0) is 26.4. The lowest BCUT2D eigenvalue weighted by molar-refractivity contribution is 0.458. The van der Waals surface area contributed by atoms with Gasteiger partial charge in [-0.15, -0.1) is 10.2 Å². The van der Waals surface area contributed by atoms with Crippen LogP contribution in [0.2, 0.25) is 0 Å². The minimum atomic E-state index is -4.10. The quantitative estimate of drug-likeness (QED) is 0.344. The lowest BCUT2D eigenvalue weighted by Gasteiger charge is -2.17. The topological polar surface area (TPSA) is 178 Å². The van der Waals surface area contributed by atoms with Gasteiger partial charge in [0.1, 0.15) is 16.7 Å². The summed E-state index contributed by atoms with van der Waals surface area (Å²) in [5.74, 6) is -0.559. The molecular formula is C21H19N7O5S3. The molecule has 0 radical (unpaired) electrons. The molecular weight excluding hydrogens is 526 g/mol. The Bertz CT molecular complexity index is 1820. The number of nitriles is 1. The number of aryl methyl sites for hydroxylation is 1. The number of phenolic OH excluding ortho intramolecular Hbond substituents is 1. The number of aromatic hydroxyl groups is 1. The predicted molar refractivity (Wildman–Crippen MR) is 136 cm³/mol. The highest BCUT2D eigenvalue weighted by Gasteiger charge is 2.26. The van der Waals surface area contributed by atoms with Crippen molar-refractivity contribution < 1.29 is 21.9 Å². The number of phenols is 1. The summed E-state index contributed by atoms with van der Waals surface area (Å²) in [5.41, 5.74) is 1.28. The molecule has 2 aromatic carbocycles.